The number of alkyl halides is 1. The molecule has 1 fully saturated rings. The largest absolute Gasteiger partial charge is 0.295 e. The molecular formula is C4H7INO2P. The lowest BCUT2D eigenvalue weighted by atomic mass is 10.4. The van der Waals surface area contributed by atoms with E-state index in [4.69, 9.17) is 0 Å². The van der Waals surface area contributed by atoms with Crippen LogP contribution in [0.1, 0.15) is 6.42 Å². The van der Waals surface area contributed by atoms with E-state index in [1.165, 1.54) is 0 Å². The average molecular weight is 259 g/mol. The van der Waals surface area contributed by atoms with Crippen LogP contribution in [0.4, 0.5) is 0 Å². The molecule has 2 amide bonds. The third kappa shape index (κ3) is 2.18. The Balaban J connectivity index is 0.000000640. The molecule has 0 radical (unpaired) electrons. The van der Waals surface area contributed by atoms with Crippen LogP contribution in [0.15, 0.2) is 0 Å². The normalized spacial score (nSPS) is 25.2. The van der Waals surface area contributed by atoms with Gasteiger partial charge in [0.15, 0.2) is 0 Å². The van der Waals surface area contributed by atoms with Gasteiger partial charge in [-0.15, -0.1) is 0 Å². The maximum Gasteiger partial charge on any atom is 0.240 e. The van der Waals surface area contributed by atoms with Gasteiger partial charge in [0.1, 0.15) is 0 Å². The number of imide groups is 1. The Morgan fingerprint density at radius 1 is 1.56 bits per heavy atom. The molecule has 1 N–H and O–H groups in total. The van der Waals surface area contributed by atoms with Crippen LogP contribution in [0, 0.1) is 0 Å². The molecule has 1 aliphatic rings. The van der Waals surface area contributed by atoms with Gasteiger partial charge in [0.25, 0.3) is 0 Å². The van der Waals surface area contributed by atoms with Crippen molar-refractivity contribution in [2.75, 3.05) is 0 Å². The lowest BCUT2D eigenvalue weighted by Crippen LogP contribution is -2.21. The van der Waals surface area contributed by atoms with Crippen molar-refractivity contribution in [2.45, 2.75) is 10.3 Å². The lowest BCUT2D eigenvalue weighted by molar-refractivity contribution is -0.124. The molecule has 0 bridgehead atoms. The predicted octanol–water partition coefficient (Wildman–Crippen LogP) is -0.105. The summed E-state index contributed by atoms with van der Waals surface area (Å²) in [5.74, 6) is -0.315. The Morgan fingerprint density at radius 3 is 2.22 bits per heavy atom. The summed E-state index contributed by atoms with van der Waals surface area (Å²) < 4.78 is -0.139. The maximum atomic E-state index is 10.4. The first-order chi connectivity index (χ1) is 3.70. The van der Waals surface area contributed by atoms with E-state index in [9.17, 15) is 9.59 Å². The van der Waals surface area contributed by atoms with Crippen LogP contribution in [-0.2, 0) is 9.59 Å². The van der Waals surface area contributed by atoms with Crippen LogP contribution in [0.2, 0.25) is 0 Å². The first-order valence-electron chi connectivity index (χ1n) is 2.18. The van der Waals surface area contributed by atoms with Gasteiger partial charge in [0, 0.05) is 6.42 Å². The highest BCUT2D eigenvalue weighted by atomic mass is 127. The van der Waals surface area contributed by atoms with Gasteiger partial charge in [0.05, 0.1) is 3.92 Å². The summed E-state index contributed by atoms with van der Waals surface area (Å²) in [4.78, 5) is 20.8. The van der Waals surface area contributed by atoms with Gasteiger partial charge in [-0.25, -0.2) is 0 Å². The second-order valence-corrected chi connectivity index (χ2v) is 3.09. The number of amides is 2. The number of halogens is 1. The van der Waals surface area contributed by atoms with Crippen molar-refractivity contribution in [3.8, 4) is 0 Å². The number of carbonyl (C=O) groups excluding carboxylic acids is 2. The van der Waals surface area contributed by atoms with Gasteiger partial charge in [-0.2, -0.15) is 9.90 Å². The fraction of sp³-hybridized carbons (Fsp3) is 0.500. The molecule has 2 unspecified atom stereocenters. The third-order valence-corrected chi connectivity index (χ3v) is 1.92. The van der Waals surface area contributed by atoms with E-state index < -0.39 is 0 Å². The Bertz CT molecular complexity index is 150. The molecule has 1 rings (SSSR count). The number of carbonyl (C=O) groups is 2. The topological polar surface area (TPSA) is 46.2 Å². The molecule has 0 spiro atoms. The SMILES string of the molecule is O=C1CC(I)C(=O)N1.P. The molecule has 0 aliphatic carbocycles. The lowest BCUT2D eigenvalue weighted by Gasteiger charge is -1.86. The number of hydrogen-bond donors (Lipinski definition) is 1. The number of rotatable bonds is 0. The van der Waals surface area contributed by atoms with E-state index >= 15 is 0 Å². The van der Waals surface area contributed by atoms with E-state index in [1.54, 1.807) is 0 Å². The highest BCUT2D eigenvalue weighted by Gasteiger charge is 2.27. The summed E-state index contributed by atoms with van der Waals surface area (Å²) in [6.07, 6.45) is 0.347. The van der Waals surface area contributed by atoms with Gasteiger partial charge in [-0.1, -0.05) is 22.6 Å². The second kappa shape index (κ2) is 3.46. The van der Waals surface area contributed by atoms with Crippen LogP contribution >= 0.6 is 32.5 Å². The van der Waals surface area contributed by atoms with Crippen molar-refractivity contribution < 1.29 is 9.59 Å². The maximum absolute atomic E-state index is 10.4. The molecule has 2 atom stereocenters. The Labute approximate surface area is 69.7 Å². The Hall–Kier alpha value is 0.300. The zero-order valence-corrected chi connectivity index (χ0v) is 8.26. The van der Waals surface area contributed by atoms with Gasteiger partial charge < -0.3 is 0 Å². The smallest absolute Gasteiger partial charge is 0.240 e. The number of nitrogens with one attached hydrogen (secondary N) is 1. The van der Waals surface area contributed by atoms with Gasteiger partial charge in [-0.05, 0) is 0 Å². The second-order valence-electron chi connectivity index (χ2n) is 1.58. The van der Waals surface area contributed by atoms with Crippen LogP contribution in [0.3, 0.4) is 0 Å². The fourth-order valence-electron chi connectivity index (χ4n) is 0.522. The highest BCUT2D eigenvalue weighted by Crippen LogP contribution is 2.10. The first kappa shape index (κ1) is 9.30. The zero-order valence-electron chi connectivity index (χ0n) is 4.69. The Morgan fingerprint density at radius 2 is 2.11 bits per heavy atom. The molecular weight excluding hydrogens is 252 g/mol. The molecule has 9 heavy (non-hydrogen) atoms. The van der Waals surface area contributed by atoms with Crippen molar-refractivity contribution in [1.29, 1.82) is 0 Å². The van der Waals surface area contributed by atoms with Gasteiger partial charge >= 0.3 is 0 Å². The van der Waals surface area contributed by atoms with E-state index in [0.717, 1.165) is 0 Å². The van der Waals surface area contributed by atoms with Crippen molar-refractivity contribution in [3.63, 3.8) is 0 Å². The summed E-state index contributed by atoms with van der Waals surface area (Å²) in [6, 6.07) is 0. The van der Waals surface area contributed by atoms with Crippen molar-refractivity contribution in [3.05, 3.63) is 0 Å². The summed E-state index contributed by atoms with van der Waals surface area (Å²) in [5, 5.41) is 2.18. The third-order valence-electron chi connectivity index (χ3n) is 0.912. The van der Waals surface area contributed by atoms with E-state index in [-0.39, 0.29) is 25.6 Å². The highest BCUT2D eigenvalue weighted by molar-refractivity contribution is 14.1. The van der Waals surface area contributed by atoms with E-state index in [1.807, 2.05) is 22.6 Å². The van der Waals surface area contributed by atoms with Crippen molar-refractivity contribution >= 4 is 44.3 Å². The molecule has 1 aliphatic heterocycles. The minimum absolute atomic E-state index is 0. The monoisotopic (exact) mass is 259 g/mol. The quantitative estimate of drug-likeness (QED) is 0.285. The minimum Gasteiger partial charge on any atom is -0.295 e. The van der Waals surface area contributed by atoms with Crippen molar-refractivity contribution in [2.24, 2.45) is 0 Å². The van der Waals surface area contributed by atoms with Crippen LogP contribution < -0.4 is 5.32 Å². The number of hydrogen-bond acceptors (Lipinski definition) is 2. The molecule has 0 aromatic heterocycles. The summed E-state index contributed by atoms with van der Waals surface area (Å²) in [6.45, 7) is 0. The molecule has 0 aromatic rings. The molecule has 1 heterocycles. The molecule has 0 aromatic carbocycles. The minimum atomic E-state index is -0.158. The average Bonchev–Trinajstić information content (AvgIpc) is 1.85. The van der Waals surface area contributed by atoms with E-state index in [0.29, 0.717) is 6.42 Å². The first-order valence-corrected chi connectivity index (χ1v) is 3.42. The Kier molecular flexibility index (Phi) is 3.58. The van der Waals surface area contributed by atoms with Crippen LogP contribution in [-0.4, -0.2) is 15.7 Å². The summed E-state index contributed by atoms with van der Waals surface area (Å²) in [5.41, 5.74) is 0. The van der Waals surface area contributed by atoms with Crippen LogP contribution in [0.5, 0.6) is 0 Å². The van der Waals surface area contributed by atoms with Crippen LogP contribution in [0.25, 0.3) is 0 Å². The zero-order chi connectivity index (χ0) is 6.15. The standard InChI is InChI=1S/C4H4INO2.H3P/c5-2-1-3(7)6-4(2)8;/h2H,1H2,(H,6,7,8);1H3. The van der Waals surface area contributed by atoms with Crippen molar-refractivity contribution in [1.82, 2.24) is 5.32 Å². The summed E-state index contributed by atoms with van der Waals surface area (Å²) in [7, 11) is 0. The fourth-order valence-corrected chi connectivity index (χ4v) is 1.08. The van der Waals surface area contributed by atoms with Gasteiger partial charge in [0.2, 0.25) is 11.8 Å². The van der Waals surface area contributed by atoms with Gasteiger partial charge in [-0.3, -0.25) is 14.9 Å². The predicted molar refractivity (Wildman–Crippen MR) is 46.7 cm³/mol. The molecule has 0 saturated carbocycles. The molecule has 1 saturated heterocycles. The summed E-state index contributed by atoms with van der Waals surface area (Å²) >= 11 is 1.94. The molecule has 52 valence electrons. The van der Waals surface area contributed by atoms with E-state index in [2.05, 4.69) is 5.32 Å². The molecule has 5 heteroatoms. The molecule has 3 nitrogen and oxygen atoms in total.